The van der Waals surface area contributed by atoms with Gasteiger partial charge in [0, 0.05) is 12.2 Å². The molecule has 0 spiro atoms. The van der Waals surface area contributed by atoms with Crippen LogP contribution in [-0.4, -0.2) is 11.0 Å². The van der Waals surface area contributed by atoms with Gasteiger partial charge in [-0.1, -0.05) is 30.4 Å². The van der Waals surface area contributed by atoms with Crippen molar-refractivity contribution in [1.29, 1.82) is 0 Å². The van der Waals surface area contributed by atoms with Crippen LogP contribution in [0, 0.1) is 0 Å². The number of hydrogen-bond acceptors (Lipinski definition) is 2. The first-order chi connectivity index (χ1) is 7.90. The summed E-state index contributed by atoms with van der Waals surface area (Å²) in [5.41, 5.74) is 2.35. The van der Waals surface area contributed by atoms with Gasteiger partial charge in [-0.15, -0.1) is 0 Å². The predicted octanol–water partition coefficient (Wildman–Crippen LogP) is 2.92. The van der Waals surface area contributed by atoms with E-state index in [2.05, 4.69) is 34.6 Å². The summed E-state index contributed by atoms with van der Waals surface area (Å²) in [6, 6.07) is 6.39. The summed E-state index contributed by atoms with van der Waals surface area (Å²) < 4.78 is 0. The van der Waals surface area contributed by atoms with Crippen molar-refractivity contribution in [3.63, 3.8) is 0 Å². The Morgan fingerprint density at radius 1 is 1.44 bits per heavy atom. The Labute approximate surface area is 96.4 Å². The van der Waals surface area contributed by atoms with E-state index in [9.17, 15) is 0 Å². The van der Waals surface area contributed by atoms with Gasteiger partial charge in [0.2, 0.25) is 0 Å². The fraction of sp³-hybridized carbons (Fsp3) is 0.214. The number of pyridine rings is 1. The Morgan fingerprint density at radius 3 is 3.12 bits per heavy atom. The molecule has 0 fully saturated rings. The van der Waals surface area contributed by atoms with E-state index >= 15 is 0 Å². The summed E-state index contributed by atoms with van der Waals surface area (Å²) in [5, 5.41) is 3.34. The Bertz CT molecular complexity index is 416. The standard InChI is InChI=1S/C14H16N2/c1-2-9-15-13-7-5-6-12(11-13)14-8-3-4-10-16-14/h2-10,13,15H,11H2,1H3/b9-2+. The molecule has 0 bridgehead atoms. The SMILES string of the molecule is C/C=C/NC1C=CC=C(c2ccccn2)C1. The fourth-order valence-corrected chi connectivity index (χ4v) is 1.76. The molecule has 2 nitrogen and oxygen atoms in total. The number of allylic oxidation sites excluding steroid dienone is 3. The minimum atomic E-state index is 0.373. The van der Waals surface area contributed by atoms with Gasteiger partial charge in [-0.2, -0.15) is 0 Å². The molecule has 2 rings (SSSR count). The molecule has 16 heavy (non-hydrogen) atoms. The molecule has 1 N–H and O–H groups in total. The summed E-state index contributed by atoms with van der Waals surface area (Å²) in [5.74, 6) is 0. The molecule has 1 aliphatic rings. The Morgan fingerprint density at radius 2 is 2.38 bits per heavy atom. The van der Waals surface area contributed by atoms with E-state index in [1.54, 1.807) is 0 Å². The minimum Gasteiger partial charge on any atom is -0.385 e. The molecular weight excluding hydrogens is 196 g/mol. The lowest BCUT2D eigenvalue weighted by atomic mass is 9.98. The molecule has 0 aliphatic heterocycles. The van der Waals surface area contributed by atoms with Crippen LogP contribution >= 0.6 is 0 Å². The van der Waals surface area contributed by atoms with Crippen LogP contribution < -0.4 is 5.32 Å². The zero-order valence-electron chi connectivity index (χ0n) is 9.43. The van der Waals surface area contributed by atoms with Crippen LogP contribution in [0.15, 0.2) is 54.9 Å². The van der Waals surface area contributed by atoms with Crippen LogP contribution in [-0.2, 0) is 0 Å². The molecule has 82 valence electrons. The van der Waals surface area contributed by atoms with Crippen LogP contribution in [0.2, 0.25) is 0 Å². The molecule has 0 saturated carbocycles. The van der Waals surface area contributed by atoms with Crippen LogP contribution in [0.5, 0.6) is 0 Å². The van der Waals surface area contributed by atoms with Crippen LogP contribution in [0.25, 0.3) is 5.57 Å². The first kappa shape index (κ1) is 10.7. The molecule has 1 heterocycles. The summed E-state index contributed by atoms with van der Waals surface area (Å²) >= 11 is 0. The van der Waals surface area contributed by atoms with Gasteiger partial charge in [-0.25, -0.2) is 0 Å². The smallest absolute Gasteiger partial charge is 0.0662 e. The lowest BCUT2D eigenvalue weighted by Crippen LogP contribution is -2.23. The van der Waals surface area contributed by atoms with E-state index in [1.807, 2.05) is 37.5 Å². The van der Waals surface area contributed by atoms with Crippen molar-refractivity contribution in [1.82, 2.24) is 10.3 Å². The van der Waals surface area contributed by atoms with Crippen molar-refractivity contribution in [2.75, 3.05) is 0 Å². The van der Waals surface area contributed by atoms with Crippen molar-refractivity contribution >= 4 is 5.57 Å². The Hall–Kier alpha value is -1.83. The molecule has 0 saturated heterocycles. The maximum absolute atomic E-state index is 4.37. The van der Waals surface area contributed by atoms with Gasteiger partial charge in [-0.05, 0) is 37.3 Å². The third kappa shape index (κ3) is 2.60. The number of hydrogen-bond donors (Lipinski definition) is 1. The van der Waals surface area contributed by atoms with Gasteiger partial charge in [0.15, 0.2) is 0 Å². The molecule has 1 aliphatic carbocycles. The van der Waals surface area contributed by atoms with Gasteiger partial charge in [0.1, 0.15) is 0 Å². The summed E-state index contributed by atoms with van der Waals surface area (Å²) in [6.07, 6.45) is 13.2. The number of nitrogens with zero attached hydrogens (tertiary/aromatic N) is 1. The molecule has 0 amide bonds. The van der Waals surface area contributed by atoms with Crippen molar-refractivity contribution in [2.45, 2.75) is 19.4 Å². The highest BCUT2D eigenvalue weighted by Crippen LogP contribution is 2.21. The molecule has 1 unspecified atom stereocenters. The van der Waals surface area contributed by atoms with E-state index in [1.165, 1.54) is 5.57 Å². The molecule has 2 heteroatoms. The average Bonchev–Trinajstić information content (AvgIpc) is 2.38. The quantitative estimate of drug-likeness (QED) is 0.833. The predicted molar refractivity (Wildman–Crippen MR) is 67.7 cm³/mol. The van der Waals surface area contributed by atoms with E-state index < -0.39 is 0 Å². The number of aromatic nitrogens is 1. The highest BCUT2D eigenvalue weighted by atomic mass is 14.9. The molecule has 0 radical (unpaired) electrons. The molecule has 1 aromatic heterocycles. The normalized spacial score (nSPS) is 19.8. The second kappa shape index (κ2) is 5.31. The molecule has 1 atom stereocenters. The van der Waals surface area contributed by atoms with Crippen LogP contribution in [0.1, 0.15) is 19.0 Å². The minimum absolute atomic E-state index is 0.373. The lowest BCUT2D eigenvalue weighted by molar-refractivity contribution is 0.711. The maximum Gasteiger partial charge on any atom is 0.0662 e. The van der Waals surface area contributed by atoms with Crippen molar-refractivity contribution in [3.8, 4) is 0 Å². The van der Waals surface area contributed by atoms with Crippen LogP contribution in [0.4, 0.5) is 0 Å². The number of nitrogens with one attached hydrogen (secondary N) is 1. The van der Waals surface area contributed by atoms with Gasteiger partial charge < -0.3 is 5.32 Å². The highest BCUT2D eigenvalue weighted by Gasteiger charge is 2.11. The third-order valence-corrected chi connectivity index (χ3v) is 2.55. The van der Waals surface area contributed by atoms with Crippen molar-refractivity contribution in [2.24, 2.45) is 0 Å². The largest absolute Gasteiger partial charge is 0.385 e. The summed E-state index contributed by atoms with van der Waals surface area (Å²) in [6.45, 7) is 2.01. The number of rotatable bonds is 3. The van der Waals surface area contributed by atoms with Crippen molar-refractivity contribution in [3.05, 3.63) is 60.6 Å². The van der Waals surface area contributed by atoms with Gasteiger partial charge in [0.25, 0.3) is 0 Å². The molecule has 1 aromatic rings. The Kier molecular flexibility index (Phi) is 3.54. The monoisotopic (exact) mass is 212 g/mol. The van der Waals surface area contributed by atoms with Gasteiger partial charge in [0.05, 0.1) is 5.69 Å². The third-order valence-electron chi connectivity index (χ3n) is 2.55. The second-order valence-corrected chi connectivity index (χ2v) is 3.77. The van der Waals surface area contributed by atoms with E-state index in [0.717, 1.165) is 12.1 Å². The fourth-order valence-electron chi connectivity index (χ4n) is 1.76. The zero-order chi connectivity index (χ0) is 11.2. The average molecular weight is 212 g/mol. The molecular formula is C14H16N2. The van der Waals surface area contributed by atoms with Crippen LogP contribution in [0.3, 0.4) is 0 Å². The van der Waals surface area contributed by atoms with Gasteiger partial charge >= 0.3 is 0 Å². The summed E-state index contributed by atoms with van der Waals surface area (Å²) in [7, 11) is 0. The van der Waals surface area contributed by atoms with Gasteiger partial charge in [-0.3, -0.25) is 4.98 Å². The van der Waals surface area contributed by atoms with E-state index in [-0.39, 0.29) is 0 Å². The second-order valence-electron chi connectivity index (χ2n) is 3.77. The first-order valence-corrected chi connectivity index (χ1v) is 5.56. The Balaban J connectivity index is 2.08. The van der Waals surface area contributed by atoms with Crippen molar-refractivity contribution < 1.29 is 0 Å². The topological polar surface area (TPSA) is 24.9 Å². The van der Waals surface area contributed by atoms with E-state index in [0.29, 0.717) is 6.04 Å². The zero-order valence-corrected chi connectivity index (χ0v) is 9.43. The van der Waals surface area contributed by atoms with E-state index in [4.69, 9.17) is 0 Å². The molecule has 0 aromatic carbocycles. The highest BCUT2D eigenvalue weighted by molar-refractivity contribution is 5.66. The first-order valence-electron chi connectivity index (χ1n) is 5.56. The lowest BCUT2D eigenvalue weighted by Gasteiger charge is -2.18. The maximum atomic E-state index is 4.37. The summed E-state index contributed by atoms with van der Waals surface area (Å²) in [4.78, 5) is 4.37.